The summed E-state index contributed by atoms with van der Waals surface area (Å²) < 4.78 is 4.92. The van der Waals surface area contributed by atoms with Crippen molar-refractivity contribution in [3.05, 3.63) is 66.2 Å². The van der Waals surface area contributed by atoms with E-state index in [1.54, 1.807) is 5.01 Å². The third-order valence-electron chi connectivity index (χ3n) is 3.51. The second-order valence-corrected chi connectivity index (χ2v) is 4.84. The number of esters is 1. The molecule has 0 saturated heterocycles. The molecule has 0 fully saturated rings. The van der Waals surface area contributed by atoms with Gasteiger partial charge >= 0.3 is 5.97 Å². The Kier molecular flexibility index (Phi) is 3.69. The summed E-state index contributed by atoms with van der Waals surface area (Å²) in [6.45, 7) is 0. The summed E-state index contributed by atoms with van der Waals surface area (Å²) >= 11 is 0. The fourth-order valence-corrected chi connectivity index (χ4v) is 2.45. The van der Waals surface area contributed by atoms with Crippen LogP contribution in [0.2, 0.25) is 0 Å². The molecule has 0 aliphatic carbocycles. The van der Waals surface area contributed by atoms with E-state index in [1.165, 1.54) is 7.11 Å². The molecule has 4 heteroatoms. The van der Waals surface area contributed by atoms with Crippen LogP contribution in [0.25, 0.3) is 0 Å². The van der Waals surface area contributed by atoms with E-state index in [1.807, 2.05) is 60.7 Å². The summed E-state index contributed by atoms with van der Waals surface area (Å²) in [5.74, 6) is -0.270. The summed E-state index contributed by atoms with van der Waals surface area (Å²) in [7, 11) is 1.41. The number of carbonyl (C=O) groups excluding carboxylic acids is 1. The minimum absolute atomic E-state index is 0.270. The lowest BCUT2D eigenvalue weighted by molar-refractivity contribution is -0.141. The Balaban J connectivity index is 1.97. The van der Waals surface area contributed by atoms with E-state index < -0.39 is 6.04 Å². The molecule has 0 radical (unpaired) electrons. The van der Waals surface area contributed by atoms with Gasteiger partial charge in [-0.25, -0.2) is 4.79 Å². The van der Waals surface area contributed by atoms with Gasteiger partial charge in [0, 0.05) is 6.42 Å². The molecule has 1 atom stereocenters. The summed E-state index contributed by atoms with van der Waals surface area (Å²) in [5, 5.41) is 6.37. The van der Waals surface area contributed by atoms with Crippen molar-refractivity contribution in [3.63, 3.8) is 0 Å². The van der Waals surface area contributed by atoms with Crippen LogP contribution in [0.1, 0.15) is 12.0 Å². The molecule has 2 aromatic rings. The molecular formula is C17H16N2O2. The Morgan fingerprint density at radius 2 is 1.71 bits per heavy atom. The van der Waals surface area contributed by atoms with Crippen LogP contribution in [0.3, 0.4) is 0 Å². The Morgan fingerprint density at radius 1 is 1.10 bits per heavy atom. The van der Waals surface area contributed by atoms with Gasteiger partial charge in [-0.15, -0.1) is 0 Å². The molecule has 1 aliphatic heterocycles. The lowest BCUT2D eigenvalue weighted by Crippen LogP contribution is -2.35. The van der Waals surface area contributed by atoms with Crippen LogP contribution >= 0.6 is 0 Å². The van der Waals surface area contributed by atoms with E-state index >= 15 is 0 Å². The summed E-state index contributed by atoms with van der Waals surface area (Å²) in [6, 6.07) is 19.2. The van der Waals surface area contributed by atoms with Crippen LogP contribution in [-0.4, -0.2) is 24.8 Å². The van der Waals surface area contributed by atoms with Crippen molar-refractivity contribution >= 4 is 17.4 Å². The van der Waals surface area contributed by atoms with E-state index in [2.05, 4.69) is 5.10 Å². The summed E-state index contributed by atoms with van der Waals surface area (Å²) in [5.41, 5.74) is 2.82. The first-order chi connectivity index (χ1) is 10.3. The Morgan fingerprint density at radius 3 is 2.33 bits per heavy atom. The van der Waals surface area contributed by atoms with E-state index in [4.69, 9.17) is 4.74 Å². The lowest BCUT2D eigenvalue weighted by Gasteiger charge is -2.21. The van der Waals surface area contributed by atoms with Crippen LogP contribution in [0.15, 0.2) is 65.8 Å². The molecule has 0 bridgehead atoms. The minimum Gasteiger partial charge on any atom is -0.467 e. The normalized spacial score (nSPS) is 17.5. The van der Waals surface area contributed by atoms with Crippen LogP contribution in [0, 0.1) is 0 Å². The zero-order valence-corrected chi connectivity index (χ0v) is 11.8. The predicted octanol–water partition coefficient (Wildman–Crippen LogP) is 2.84. The van der Waals surface area contributed by atoms with Gasteiger partial charge in [-0.05, 0) is 17.7 Å². The fourth-order valence-electron chi connectivity index (χ4n) is 2.45. The first-order valence-corrected chi connectivity index (χ1v) is 6.84. The van der Waals surface area contributed by atoms with Gasteiger partial charge in [0.25, 0.3) is 0 Å². The van der Waals surface area contributed by atoms with Gasteiger partial charge in [0.05, 0.1) is 18.5 Å². The Bertz CT molecular complexity index is 653. The number of hydrazone groups is 1. The van der Waals surface area contributed by atoms with Crippen molar-refractivity contribution in [1.29, 1.82) is 0 Å². The predicted molar refractivity (Wildman–Crippen MR) is 82.3 cm³/mol. The number of hydrogen-bond donors (Lipinski definition) is 0. The largest absolute Gasteiger partial charge is 0.467 e. The van der Waals surface area contributed by atoms with E-state index in [0.717, 1.165) is 17.0 Å². The third kappa shape index (κ3) is 2.65. The van der Waals surface area contributed by atoms with Gasteiger partial charge in [0.15, 0.2) is 6.04 Å². The molecule has 4 nitrogen and oxygen atoms in total. The molecule has 0 spiro atoms. The number of para-hydroxylation sites is 1. The van der Waals surface area contributed by atoms with Gasteiger partial charge in [0.2, 0.25) is 0 Å². The maximum absolute atomic E-state index is 12.0. The van der Waals surface area contributed by atoms with Crippen LogP contribution in [-0.2, 0) is 9.53 Å². The second-order valence-electron chi connectivity index (χ2n) is 4.84. The number of carbonyl (C=O) groups is 1. The van der Waals surface area contributed by atoms with Crippen molar-refractivity contribution in [2.75, 3.05) is 12.1 Å². The second kappa shape index (κ2) is 5.79. The molecular weight excluding hydrogens is 264 g/mol. The number of ether oxygens (including phenoxy) is 1. The van der Waals surface area contributed by atoms with Gasteiger partial charge < -0.3 is 4.74 Å². The SMILES string of the molecule is COC(=O)[C@@H]1CC(c2ccccc2)=NN1c1ccccc1. The van der Waals surface area contributed by atoms with Gasteiger partial charge in [0.1, 0.15) is 0 Å². The molecule has 0 saturated carbocycles. The van der Waals surface area contributed by atoms with Crippen LogP contribution in [0.4, 0.5) is 5.69 Å². The zero-order valence-electron chi connectivity index (χ0n) is 11.8. The minimum atomic E-state index is -0.410. The van der Waals surface area contributed by atoms with Gasteiger partial charge in [-0.3, -0.25) is 5.01 Å². The van der Waals surface area contributed by atoms with Gasteiger partial charge in [-0.1, -0.05) is 48.5 Å². The number of benzene rings is 2. The quantitative estimate of drug-likeness (QED) is 0.812. The Labute approximate surface area is 123 Å². The summed E-state index contributed by atoms with van der Waals surface area (Å²) in [4.78, 5) is 12.0. The number of nitrogens with zero attached hydrogens (tertiary/aromatic N) is 2. The maximum atomic E-state index is 12.0. The van der Waals surface area contributed by atoms with Gasteiger partial charge in [-0.2, -0.15) is 5.10 Å². The molecule has 1 heterocycles. The highest BCUT2D eigenvalue weighted by atomic mass is 16.5. The topological polar surface area (TPSA) is 41.9 Å². The van der Waals surface area contributed by atoms with Crippen molar-refractivity contribution < 1.29 is 9.53 Å². The smallest absolute Gasteiger partial charge is 0.331 e. The Hall–Kier alpha value is -2.62. The van der Waals surface area contributed by atoms with Crippen molar-refractivity contribution in [3.8, 4) is 0 Å². The zero-order chi connectivity index (χ0) is 14.7. The maximum Gasteiger partial charge on any atom is 0.331 e. The monoisotopic (exact) mass is 280 g/mol. The van der Waals surface area contributed by atoms with Crippen molar-refractivity contribution in [2.45, 2.75) is 12.5 Å². The first-order valence-electron chi connectivity index (χ1n) is 6.84. The average Bonchev–Trinajstić information content (AvgIpc) is 3.01. The highest BCUT2D eigenvalue weighted by Crippen LogP contribution is 2.27. The standard InChI is InChI=1S/C17H16N2O2/c1-21-17(20)16-12-15(13-8-4-2-5-9-13)18-19(16)14-10-6-3-7-11-14/h2-11,16H,12H2,1H3/t16-/m0/s1. The third-order valence-corrected chi connectivity index (χ3v) is 3.51. The molecule has 106 valence electrons. The molecule has 0 N–H and O–H groups in total. The molecule has 0 aromatic heterocycles. The molecule has 2 aromatic carbocycles. The first kappa shape index (κ1) is 13.4. The number of methoxy groups -OCH3 is 1. The van der Waals surface area contributed by atoms with Crippen molar-refractivity contribution in [2.24, 2.45) is 5.10 Å². The molecule has 0 amide bonds. The number of rotatable bonds is 3. The highest BCUT2D eigenvalue weighted by molar-refractivity contribution is 6.06. The number of hydrogen-bond acceptors (Lipinski definition) is 4. The average molecular weight is 280 g/mol. The summed E-state index contributed by atoms with van der Waals surface area (Å²) in [6.07, 6.45) is 0.547. The number of anilines is 1. The van der Waals surface area contributed by atoms with E-state index in [0.29, 0.717) is 6.42 Å². The molecule has 0 unspecified atom stereocenters. The highest BCUT2D eigenvalue weighted by Gasteiger charge is 2.34. The van der Waals surface area contributed by atoms with E-state index in [-0.39, 0.29) is 5.97 Å². The van der Waals surface area contributed by atoms with E-state index in [9.17, 15) is 4.79 Å². The molecule has 1 aliphatic rings. The lowest BCUT2D eigenvalue weighted by atomic mass is 10.0. The van der Waals surface area contributed by atoms with Crippen LogP contribution < -0.4 is 5.01 Å². The molecule has 21 heavy (non-hydrogen) atoms. The van der Waals surface area contributed by atoms with Crippen LogP contribution in [0.5, 0.6) is 0 Å². The van der Waals surface area contributed by atoms with Crippen molar-refractivity contribution in [1.82, 2.24) is 0 Å². The fraction of sp³-hybridized carbons (Fsp3) is 0.176. The molecule has 3 rings (SSSR count).